The smallest absolute Gasteiger partial charge is 0.0558 e. The molecule has 0 amide bonds. The van der Waals surface area contributed by atoms with Crippen molar-refractivity contribution in [2.24, 2.45) is 16.7 Å². The molecule has 1 aliphatic carbocycles. The Morgan fingerprint density at radius 3 is 1.92 bits per heavy atom. The van der Waals surface area contributed by atoms with Gasteiger partial charge in [-0.3, -0.25) is 0 Å². The summed E-state index contributed by atoms with van der Waals surface area (Å²) in [6.07, 6.45) is 0. The molecule has 0 aromatic heterocycles. The number of nitrogens with zero attached hydrogens (tertiary/aromatic N) is 1. The van der Waals surface area contributed by atoms with Gasteiger partial charge in [-0.15, -0.1) is 0 Å². The van der Waals surface area contributed by atoms with Crippen molar-refractivity contribution in [3.8, 4) is 0 Å². The molecule has 0 aromatic rings. The average Bonchev–Trinajstić information content (AvgIpc) is 2.33. The number of likely N-dealkylation sites (N-methyl/N-ethyl adjacent to an activating group) is 1. The quantitative estimate of drug-likeness (QED) is 0.719. The first-order chi connectivity index (χ1) is 5.84. The zero-order chi connectivity index (χ0) is 10.3. The SMILES string of the molecule is CN(CCO)CC1C(C)(C)C1(C)C. The first-order valence-corrected chi connectivity index (χ1v) is 5.13. The van der Waals surface area contributed by atoms with Crippen LogP contribution in [0.4, 0.5) is 0 Å². The number of rotatable bonds is 4. The Kier molecular flexibility index (Phi) is 2.75. The Morgan fingerprint density at radius 2 is 1.62 bits per heavy atom. The number of hydrogen-bond acceptors (Lipinski definition) is 2. The summed E-state index contributed by atoms with van der Waals surface area (Å²) in [5.41, 5.74) is 0.938. The van der Waals surface area contributed by atoms with Crippen LogP contribution in [0.5, 0.6) is 0 Å². The van der Waals surface area contributed by atoms with Crippen molar-refractivity contribution < 1.29 is 5.11 Å². The predicted octanol–water partition coefficient (Wildman–Crippen LogP) is 1.59. The summed E-state index contributed by atoms with van der Waals surface area (Å²) in [5, 5.41) is 8.79. The van der Waals surface area contributed by atoms with Crippen molar-refractivity contribution >= 4 is 0 Å². The molecule has 2 nitrogen and oxygen atoms in total. The fraction of sp³-hybridized carbons (Fsp3) is 1.00. The third-order valence-corrected chi connectivity index (χ3v) is 4.30. The second-order valence-corrected chi connectivity index (χ2v) is 5.48. The third-order valence-electron chi connectivity index (χ3n) is 4.30. The normalized spacial score (nSPS) is 25.2. The van der Waals surface area contributed by atoms with Gasteiger partial charge in [-0.1, -0.05) is 27.7 Å². The molecule has 0 atom stereocenters. The minimum absolute atomic E-state index is 0.268. The van der Waals surface area contributed by atoms with Crippen LogP contribution in [0, 0.1) is 16.7 Å². The van der Waals surface area contributed by atoms with Gasteiger partial charge in [0.1, 0.15) is 0 Å². The maximum Gasteiger partial charge on any atom is 0.0558 e. The monoisotopic (exact) mass is 185 g/mol. The summed E-state index contributed by atoms with van der Waals surface area (Å²) >= 11 is 0. The van der Waals surface area contributed by atoms with Gasteiger partial charge in [0.2, 0.25) is 0 Å². The Bertz CT molecular complexity index is 173. The molecule has 0 heterocycles. The maximum atomic E-state index is 8.79. The van der Waals surface area contributed by atoms with Crippen molar-refractivity contribution in [3.05, 3.63) is 0 Å². The largest absolute Gasteiger partial charge is 0.395 e. The molecule has 1 rings (SSSR count). The lowest BCUT2D eigenvalue weighted by Crippen LogP contribution is -2.26. The van der Waals surface area contributed by atoms with E-state index in [2.05, 4.69) is 39.6 Å². The highest BCUT2D eigenvalue weighted by Gasteiger charge is 2.64. The van der Waals surface area contributed by atoms with E-state index in [9.17, 15) is 0 Å². The highest BCUT2D eigenvalue weighted by atomic mass is 16.3. The zero-order valence-corrected chi connectivity index (χ0v) is 9.59. The molecule has 1 N–H and O–H groups in total. The summed E-state index contributed by atoms with van der Waals surface area (Å²) in [7, 11) is 2.08. The van der Waals surface area contributed by atoms with Crippen LogP contribution in [-0.2, 0) is 0 Å². The Labute approximate surface area is 81.9 Å². The summed E-state index contributed by atoms with van der Waals surface area (Å²) in [4.78, 5) is 2.22. The first kappa shape index (κ1) is 11.0. The number of aliphatic hydroxyl groups is 1. The third kappa shape index (κ3) is 1.75. The topological polar surface area (TPSA) is 23.5 Å². The van der Waals surface area contributed by atoms with Crippen molar-refractivity contribution in [2.45, 2.75) is 27.7 Å². The van der Waals surface area contributed by atoms with E-state index in [-0.39, 0.29) is 6.61 Å². The molecule has 0 saturated heterocycles. The van der Waals surface area contributed by atoms with Crippen LogP contribution >= 0.6 is 0 Å². The number of aliphatic hydroxyl groups excluding tert-OH is 1. The summed E-state index contributed by atoms with van der Waals surface area (Å²) in [6, 6.07) is 0. The fourth-order valence-corrected chi connectivity index (χ4v) is 2.36. The minimum atomic E-state index is 0.268. The molecule has 1 saturated carbocycles. The second kappa shape index (κ2) is 3.25. The molecule has 0 bridgehead atoms. The summed E-state index contributed by atoms with van der Waals surface area (Å²) in [6.45, 7) is 11.5. The molecule has 0 aromatic carbocycles. The molecule has 0 spiro atoms. The van der Waals surface area contributed by atoms with E-state index >= 15 is 0 Å². The molecule has 0 unspecified atom stereocenters. The van der Waals surface area contributed by atoms with Gasteiger partial charge in [0.25, 0.3) is 0 Å². The zero-order valence-electron chi connectivity index (χ0n) is 9.59. The molecule has 1 aliphatic rings. The Hall–Kier alpha value is -0.0800. The summed E-state index contributed by atoms with van der Waals surface area (Å²) in [5.74, 6) is 0.775. The lowest BCUT2D eigenvalue weighted by Gasteiger charge is -2.15. The van der Waals surface area contributed by atoms with Crippen LogP contribution in [0.2, 0.25) is 0 Å². The lowest BCUT2D eigenvalue weighted by molar-refractivity contribution is 0.209. The van der Waals surface area contributed by atoms with Crippen molar-refractivity contribution in [2.75, 3.05) is 26.7 Å². The highest BCUT2D eigenvalue weighted by molar-refractivity contribution is 5.12. The van der Waals surface area contributed by atoms with E-state index in [1.54, 1.807) is 0 Å². The van der Waals surface area contributed by atoms with Crippen LogP contribution < -0.4 is 0 Å². The predicted molar refractivity (Wildman–Crippen MR) is 55.6 cm³/mol. The molecule has 1 fully saturated rings. The number of hydrogen-bond donors (Lipinski definition) is 1. The highest BCUT2D eigenvalue weighted by Crippen LogP contribution is 2.68. The van der Waals surface area contributed by atoms with Crippen LogP contribution in [0.3, 0.4) is 0 Å². The molecule has 13 heavy (non-hydrogen) atoms. The van der Waals surface area contributed by atoms with Crippen LogP contribution in [-0.4, -0.2) is 36.8 Å². The molecular weight excluding hydrogens is 162 g/mol. The molecule has 0 aliphatic heterocycles. The van der Waals surface area contributed by atoms with Gasteiger partial charge >= 0.3 is 0 Å². The lowest BCUT2D eigenvalue weighted by atomic mass is 10.0. The molecular formula is C11H23NO. The van der Waals surface area contributed by atoms with Gasteiger partial charge in [-0.05, 0) is 23.8 Å². The van der Waals surface area contributed by atoms with Gasteiger partial charge in [0.05, 0.1) is 6.61 Å². The van der Waals surface area contributed by atoms with Crippen molar-refractivity contribution in [3.63, 3.8) is 0 Å². The first-order valence-electron chi connectivity index (χ1n) is 5.13. The van der Waals surface area contributed by atoms with Gasteiger partial charge in [0, 0.05) is 13.1 Å². The van der Waals surface area contributed by atoms with Crippen molar-refractivity contribution in [1.29, 1.82) is 0 Å². The maximum absolute atomic E-state index is 8.79. The van der Waals surface area contributed by atoms with E-state index in [1.165, 1.54) is 0 Å². The van der Waals surface area contributed by atoms with Gasteiger partial charge in [-0.25, -0.2) is 0 Å². The Balaban J connectivity index is 2.41. The fourth-order valence-electron chi connectivity index (χ4n) is 2.36. The van der Waals surface area contributed by atoms with Crippen LogP contribution in [0.25, 0.3) is 0 Å². The van der Waals surface area contributed by atoms with E-state index in [0.717, 1.165) is 19.0 Å². The Morgan fingerprint density at radius 1 is 1.15 bits per heavy atom. The van der Waals surface area contributed by atoms with E-state index in [1.807, 2.05) is 0 Å². The van der Waals surface area contributed by atoms with E-state index < -0.39 is 0 Å². The molecule has 78 valence electrons. The standard InChI is InChI=1S/C11H23NO/c1-10(2)9(11(10,3)4)8-12(5)6-7-13/h9,13H,6-8H2,1-5H3. The average molecular weight is 185 g/mol. The minimum Gasteiger partial charge on any atom is -0.395 e. The van der Waals surface area contributed by atoms with Gasteiger partial charge in [0.15, 0.2) is 0 Å². The molecule has 0 radical (unpaired) electrons. The van der Waals surface area contributed by atoms with Crippen LogP contribution in [0.1, 0.15) is 27.7 Å². The van der Waals surface area contributed by atoms with E-state index in [0.29, 0.717) is 10.8 Å². The summed E-state index contributed by atoms with van der Waals surface area (Å²) < 4.78 is 0. The van der Waals surface area contributed by atoms with Crippen molar-refractivity contribution in [1.82, 2.24) is 4.90 Å². The second-order valence-electron chi connectivity index (χ2n) is 5.48. The van der Waals surface area contributed by atoms with Gasteiger partial charge < -0.3 is 10.0 Å². The van der Waals surface area contributed by atoms with Crippen LogP contribution in [0.15, 0.2) is 0 Å². The van der Waals surface area contributed by atoms with E-state index in [4.69, 9.17) is 5.11 Å². The molecule has 2 heteroatoms. The van der Waals surface area contributed by atoms with Gasteiger partial charge in [-0.2, -0.15) is 0 Å².